The van der Waals surface area contributed by atoms with Gasteiger partial charge in [0.2, 0.25) is 0 Å². The Balaban J connectivity index is 1.91. The molecule has 1 aliphatic carbocycles. The molecule has 1 aromatic rings. The molecule has 1 heterocycles. The summed E-state index contributed by atoms with van der Waals surface area (Å²) in [4.78, 5) is 4.36. The Bertz CT molecular complexity index is 358. The molecule has 4 nitrogen and oxygen atoms in total. The second-order valence-electron chi connectivity index (χ2n) is 5.65. The van der Waals surface area contributed by atoms with E-state index in [1.165, 1.54) is 32.1 Å². The predicted octanol–water partition coefficient (Wildman–Crippen LogP) is 2.92. The summed E-state index contributed by atoms with van der Waals surface area (Å²) in [7, 11) is 0. The van der Waals surface area contributed by atoms with E-state index in [1.807, 2.05) is 4.68 Å². The molecule has 1 fully saturated rings. The molecule has 0 saturated heterocycles. The van der Waals surface area contributed by atoms with Crippen LogP contribution in [0.2, 0.25) is 0 Å². The van der Waals surface area contributed by atoms with Crippen LogP contribution >= 0.6 is 0 Å². The van der Waals surface area contributed by atoms with Gasteiger partial charge in [0.1, 0.15) is 12.2 Å². The van der Waals surface area contributed by atoms with Gasteiger partial charge in [0.05, 0.1) is 6.54 Å². The summed E-state index contributed by atoms with van der Waals surface area (Å²) in [6.45, 7) is 7.45. The first-order chi connectivity index (χ1) is 8.72. The van der Waals surface area contributed by atoms with Crippen LogP contribution in [0.5, 0.6) is 0 Å². The van der Waals surface area contributed by atoms with Crippen molar-refractivity contribution in [3.63, 3.8) is 0 Å². The van der Waals surface area contributed by atoms with Gasteiger partial charge >= 0.3 is 0 Å². The molecule has 1 aromatic heterocycles. The lowest BCUT2D eigenvalue weighted by molar-refractivity contribution is 0.251. The van der Waals surface area contributed by atoms with Gasteiger partial charge in [-0.15, -0.1) is 0 Å². The quantitative estimate of drug-likeness (QED) is 0.873. The van der Waals surface area contributed by atoms with Crippen LogP contribution in [0.15, 0.2) is 6.33 Å². The molecule has 0 radical (unpaired) electrons. The highest BCUT2D eigenvalue weighted by Gasteiger charge is 2.23. The van der Waals surface area contributed by atoms with Crippen molar-refractivity contribution < 1.29 is 0 Å². The van der Waals surface area contributed by atoms with Gasteiger partial charge in [0.25, 0.3) is 0 Å². The summed E-state index contributed by atoms with van der Waals surface area (Å²) in [5.74, 6) is 1.90. The molecular formula is C14H26N4. The maximum atomic E-state index is 4.36. The van der Waals surface area contributed by atoms with Gasteiger partial charge in [-0.25, -0.2) is 9.67 Å². The highest BCUT2D eigenvalue weighted by Crippen LogP contribution is 2.26. The van der Waals surface area contributed by atoms with Crippen LogP contribution in [-0.4, -0.2) is 20.8 Å². The number of hydrogen-bond donors (Lipinski definition) is 1. The summed E-state index contributed by atoms with van der Waals surface area (Å²) in [6, 6.07) is 1.05. The zero-order valence-corrected chi connectivity index (χ0v) is 11.9. The van der Waals surface area contributed by atoms with Crippen molar-refractivity contribution in [2.45, 2.75) is 71.5 Å². The maximum Gasteiger partial charge on any atom is 0.141 e. The molecule has 1 N–H and O–H groups in total. The summed E-state index contributed by atoms with van der Waals surface area (Å²) in [5.41, 5.74) is 0. The molecule has 102 valence electrons. The van der Waals surface area contributed by atoms with E-state index in [0.717, 1.165) is 18.3 Å². The molecule has 2 rings (SSSR count). The van der Waals surface area contributed by atoms with E-state index in [9.17, 15) is 0 Å². The molecule has 18 heavy (non-hydrogen) atoms. The molecule has 0 amide bonds. The van der Waals surface area contributed by atoms with E-state index < -0.39 is 0 Å². The Morgan fingerprint density at radius 1 is 1.39 bits per heavy atom. The van der Waals surface area contributed by atoms with Crippen LogP contribution < -0.4 is 5.32 Å². The SMILES string of the molecule is CCC1CCCCC1NCc1ncnn1C(C)C. The van der Waals surface area contributed by atoms with Crippen molar-refractivity contribution in [2.75, 3.05) is 0 Å². The fourth-order valence-electron chi connectivity index (χ4n) is 3.02. The van der Waals surface area contributed by atoms with Crippen LogP contribution in [0, 0.1) is 5.92 Å². The maximum absolute atomic E-state index is 4.36. The van der Waals surface area contributed by atoms with Gasteiger partial charge in [-0.3, -0.25) is 0 Å². The van der Waals surface area contributed by atoms with Crippen molar-refractivity contribution in [3.8, 4) is 0 Å². The second kappa shape index (κ2) is 6.32. The average Bonchev–Trinajstić information content (AvgIpc) is 2.85. The third kappa shape index (κ3) is 3.10. The number of nitrogens with zero attached hydrogens (tertiary/aromatic N) is 3. The fourth-order valence-corrected chi connectivity index (χ4v) is 3.02. The van der Waals surface area contributed by atoms with E-state index in [4.69, 9.17) is 0 Å². The minimum absolute atomic E-state index is 0.387. The number of nitrogens with one attached hydrogen (secondary N) is 1. The molecule has 4 heteroatoms. The summed E-state index contributed by atoms with van der Waals surface area (Å²) in [6.07, 6.45) is 8.41. The zero-order valence-electron chi connectivity index (χ0n) is 11.9. The smallest absolute Gasteiger partial charge is 0.141 e. The van der Waals surface area contributed by atoms with Gasteiger partial charge in [0, 0.05) is 12.1 Å². The number of hydrogen-bond acceptors (Lipinski definition) is 3. The van der Waals surface area contributed by atoms with Crippen molar-refractivity contribution in [2.24, 2.45) is 5.92 Å². The molecule has 0 aliphatic heterocycles. The predicted molar refractivity (Wildman–Crippen MR) is 73.3 cm³/mol. The van der Waals surface area contributed by atoms with Crippen molar-refractivity contribution >= 4 is 0 Å². The standard InChI is InChI=1S/C14H26N4/c1-4-12-7-5-6-8-13(12)15-9-14-16-10-17-18(14)11(2)3/h10-13,15H,4-9H2,1-3H3. The Morgan fingerprint density at radius 3 is 2.89 bits per heavy atom. The van der Waals surface area contributed by atoms with Crippen molar-refractivity contribution in [3.05, 3.63) is 12.2 Å². The first-order valence-corrected chi connectivity index (χ1v) is 7.34. The van der Waals surface area contributed by atoms with E-state index in [0.29, 0.717) is 12.1 Å². The zero-order chi connectivity index (χ0) is 13.0. The van der Waals surface area contributed by atoms with Crippen LogP contribution in [0.3, 0.4) is 0 Å². The normalized spacial score (nSPS) is 24.7. The first kappa shape index (κ1) is 13.5. The fraction of sp³-hybridized carbons (Fsp3) is 0.857. The van der Waals surface area contributed by atoms with Crippen LogP contribution in [0.25, 0.3) is 0 Å². The Labute approximate surface area is 110 Å². The van der Waals surface area contributed by atoms with Gasteiger partial charge in [-0.05, 0) is 32.6 Å². The van der Waals surface area contributed by atoms with Gasteiger partial charge in [0.15, 0.2) is 0 Å². The summed E-state index contributed by atoms with van der Waals surface area (Å²) in [5, 5.41) is 7.98. The minimum Gasteiger partial charge on any atom is -0.307 e. The molecule has 0 spiro atoms. The average molecular weight is 250 g/mol. The Morgan fingerprint density at radius 2 is 2.17 bits per heavy atom. The van der Waals surface area contributed by atoms with Gasteiger partial charge in [-0.2, -0.15) is 5.10 Å². The molecule has 2 unspecified atom stereocenters. The third-order valence-corrected chi connectivity index (χ3v) is 4.09. The molecule has 0 bridgehead atoms. The lowest BCUT2D eigenvalue weighted by Crippen LogP contribution is -2.38. The Kier molecular flexibility index (Phi) is 4.75. The molecule has 0 aromatic carbocycles. The summed E-state index contributed by atoms with van der Waals surface area (Å²) < 4.78 is 2.01. The van der Waals surface area contributed by atoms with Gasteiger partial charge in [-0.1, -0.05) is 26.2 Å². The number of aromatic nitrogens is 3. The topological polar surface area (TPSA) is 42.7 Å². The molecule has 2 atom stereocenters. The van der Waals surface area contributed by atoms with Crippen LogP contribution in [0.4, 0.5) is 0 Å². The monoisotopic (exact) mass is 250 g/mol. The molecule has 1 aliphatic rings. The molecule has 1 saturated carbocycles. The van der Waals surface area contributed by atoms with E-state index in [2.05, 4.69) is 36.2 Å². The summed E-state index contributed by atoms with van der Waals surface area (Å²) >= 11 is 0. The molecular weight excluding hydrogens is 224 g/mol. The lowest BCUT2D eigenvalue weighted by Gasteiger charge is -2.31. The minimum atomic E-state index is 0.387. The van der Waals surface area contributed by atoms with Crippen LogP contribution in [0.1, 0.15) is 64.7 Å². The van der Waals surface area contributed by atoms with Crippen molar-refractivity contribution in [1.29, 1.82) is 0 Å². The lowest BCUT2D eigenvalue weighted by atomic mass is 9.83. The second-order valence-corrected chi connectivity index (χ2v) is 5.65. The van der Waals surface area contributed by atoms with Gasteiger partial charge < -0.3 is 5.32 Å². The van der Waals surface area contributed by atoms with Crippen molar-refractivity contribution in [1.82, 2.24) is 20.1 Å². The van der Waals surface area contributed by atoms with E-state index >= 15 is 0 Å². The number of rotatable bonds is 5. The highest BCUT2D eigenvalue weighted by atomic mass is 15.4. The third-order valence-electron chi connectivity index (χ3n) is 4.09. The Hall–Kier alpha value is -0.900. The van der Waals surface area contributed by atoms with Crippen LogP contribution in [-0.2, 0) is 6.54 Å². The largest absolute Gasteiger partial charge is 0.307 e. The first-order valence-electron chi connectivity index (χ1n) is 7.34. The van der Waals surface area contributed by atoms with E-state index in [-0.39, 0.29) is 0 Å². The highest BCUT2D eigenvalue weighted by molar-refractivity contribution is 4.88. The van der Waals surface area contributed by atoms with E-state index in [1.54, 1.807) is 6.33 Å².